The van der Waals surface area contributed by atoms with Crippen LogP contribution in [0.25, 0.3) is 22.6 Å². The first-order valence-corrected chi connectivity index (χ1v) is 9.03. The van der Waals surface area contributed by atoms with E-state index >= 15 is 0 Å². The molecule has 0 saturated carbocycles. The van der Waals surface area contributed by atoms with E-state index < -0.39 is 0 Å². The summed E-state index contributed by atoms with van der Waals surface area (Å²) in [7, 11) is 0. The molecule has 5 nitrogen and oxygen atoms in total. The molecular weight excluding hydrogens is 358 g/mol. The normalized spacial score (nSPS) is 11.3. The van der Waals surface area contributed by atoms with Gasteiger partial charge in [-0.05, 0) is 43.2 Å². The third-order valence-corrected chi connectivity index (χ3v) is 5.22. The Morgan fingerprint density at radius 2 is 2.04 bits per heavy atom. The molecule has 4 rings (SSSR count). The molecule has 0 spiro atoms. The third kappa shape index (κ3) is 3.15. The zero-order chi connectivity index (χ0) is 17.4. The SMILES string of the molecule is Cc1ccc2cc(CSc3nnc(-c4ccco4)o3)c(Cl)nc2c1C. The lowest BCUT2D eigenvalue weighted by Crippen LogP contribution is -1.92. The predicted molar refractivity (Wildman–Crippen MR) is 97.8 cm³/mol. The summed E-state index contributed by atoms with van der Waals surface area (Å²) in [6.45, 7) is 4.13. The maximum absolute atomic E-state index is 6.37. The van der Waals surface area contributed by atoms with Crippen molar-refractivity contribution in [3.8, 4) is 11.7 Å². The highest BCUT2D eigenvalue weighted by molar-refractivity contribution is 7.98. The molecule has 126 valence electrons. The molecule has 3 aromatic heterocycles. The van der Waals surface area contributed by atoms with Crippen LogP contribution < -0.4 is 0 Å². The minimum absolute atomic E-state index is 0.362. The Bertz CT molecular complexity index is 1040. The van der Waals surface area contributed by atoms with Crippen molar-refractivity contribution in [2.75, 3.05) is 0 Å². The van der Waals surface area contributed by atoms with Crippen molar-refractivity contribution in [3.63, 3.8) is 0 Å². The van der Waals surface area contributed by atoms with Crippen LogP contribution in [0.5, 0.6) is 0 Å². The van der Waals surface area contributed by atoms with Gasteiger partial charge in [-0.15, -0.1) is 10.2 Å². The largest absolute Gasteiger partial charge is 0.459 e. The van der Waals surface area contributed by atoms with E-state index in [-0.39, 0.29) is 0 Å². The third-order valence-electron chi connectivity index (χ3n) is 4.03. The molecule has 3 heterocycles. The lowest BCUT2D eigenvalue weighted by atomic mass is 10.0. The number of pyridine rings is 1. The van der Waals surface area contributed by atoms with Crippen LogP contribution in [0.15, 0.2) is 50.7 Å². The van der Waals surface area contributed by atoms with Gasteiger partial charge in [-0.2, -0.15) is 0 Å². The molecule has 0 aliphatic carbocycles. The van der Waals surface area contributed by atoms with Crippen LogP contribution in [-0.4, -0.2) is 15.2 Å². The maximum Gasteiger partial charge on any atom is 0.284 e. The van der Waals surface area contributed by atoms with Crippen molar-refractivity contribution < 1.29 is 8.83 Å². The monoisotopic (exact) mass is 371 g/mol. The molecule has 0 bridgehead atoms. The second-order valence-electron chi connectivity index (χ2n) is 5.66. The number of hydrogen-bond acceptors (Lipinski definition) is 6. The van der Waals surface area contributed by atoms with E-state index in [1.54, 1.807) is 18.4 Å². The van der Waals surface area contributed by atoms with Crippen molar-refractivity contribution in [1.82, 2.24) is 15.2 Å². The van der Waals surface area contributed by atoms with Crippen LogP contribution in [0, 0.1) is 13.8 Å². The van der Waals surface area contributed by atoms with E-state index in [1.165, 1.54) is 17.3 Å². The van der Waals surface area contributed by atoms with Gasteiger partial charge < -0.3 is 8.83 Å². The van der Waals surface area contributed by atoms with E-state index in [0.717, 1.165) is 22.0 Å². The fourth-order valence-corrected chi connectivity index (χ4v) is 3.53. The number of nitrogens with zero attached hydrogens (tertiary/aromatic N) is 3. The smallest absolute Gasteiger partial charge is 0.284 e. The van der Waals surface area contributed by atoms with Gasteiger partial charge in [0, 0.05) is 16.7 Å². The summed E-state index contributed by atoms with van der Waals surface area (Å²) in [5, 5.41) is 10.0. The zero-order valence-corrected chi connectivity index (χ0v) is 15.2. The van der Waals surface area contributed by atoms with E-state index in [2.05, 4.69) is 47.2 Å². The molecule has 0 radical (unpaired) electrons. The van der Waals surface area contributed by atoms with Crippen LogP contribution in [0.1, 0.15) is 16.7 Å². The van der Waals surface area contributed by atoms with Gasteiger partial charge in [0.15, 0.2) is 5.76 Å². The average Bonchev–Trinajstić information content (AvgIpc) is 3.28. The Balaban J connectivity index is 1.57. The van der Waals surface area contributed by atoms with Gasteiger partial charge in [0.25, 0.3) is 11.1 Å². The van der Waals surface area contributed by atoms with Crippen LogP contribution in [-0.2, 0) is 5.75 Å². The number of hydrogen-bond donors (Lipinski definition) is 0. The van der Waals surface area contributed by atoms with E-state index in [1.807, 2.05) is 0 Å². The molecule has 0 fully saturated rings. The number of rotatable bonds is 4. The molecule has 4 aromatic rings. The highest BCUT2D eigenvalue weighted by atomic mass is 35.5. The number of aryl methyl sites for hydroxylation is 2. The maximum atomic E-state index is 6.37. The number of fused-ring (bicyclic) bond motifs is 1. The van der Waals surface area contributed by atoms with Gasteiger partial charge in [0.05, 0.1) is 11.8 Å². The summed E-state index contributed by atoms with van der Waals surface area (Å²) < 4.78 is 10.8. The van der Waals surface area contributed by atoms with Crippen LogP contribution in [0.2, 0.25) is 5.15 Å². The number of halogens is 1. The molecule has 0 N–H and O–H groups in total. The summed E-state index contributed by atoms with van der Waals surface area (Å²) >= 11 is 7.79. The Morgan fingerprint density at radius 3 is 2.84 bits per heavy atom. The minimum Gasteiger partial charge on any atom is -0.459 e. The van der Waals surface area contributed by atoms with Crippen LogP contribution >= 0.6 is 23.4 Å². The molecule has 0 amide bonds. The van der Waals surface area contributed by atoms with Crippen molar-refractivity contribution in [2.24, 2.45) is 0 Å². The number of thioether (sulfide) groups is 1. The molecule has 1 aromatic carbocycles. The zero-order valence-electron chi connectivity index (χ0n) is 13.6. The van der Waals surface area contributed by atoms with Crippen molar-refractivity contribution in [1.29, 1.82) is 0 Å². The molecule has 25 heavy (non-hydrogen) atoms. The van der Waals surface area contributed by atoms with Crippen LogP contribution in [0.3, 0.4) is 0 Å². The Morgan fingerprint density at radius 1 is 1.16 bits per heavy atom. The van der Waals surface area contributed by atoms with Gasteiger partial charge in [-0.3, -0.25) is 0 Å². The number of furan rings is 1. The second kappa shape index (κ2) is 6.54. The summed E-state index contributed by atoms with van der Waals surface area (Å²) in [5.74, 6) is 1.51. The van der Waals surface area contributed by atoms with Crippen molar-refractivity contribution in [3.05, 3.63) is 58.4 Å². The lowest BCUT2D eigenvalue weighted by Gasteiger charge is -2.08. The molecule has 7 heteroatoms. The Hall–Kier alpha value is -2.31. The minimum atomic E-state index is 0.362. The van der Waals surface area contributed by atoms with Crippen molar-refractivity contribution >= 4 is 34.3 Å². The molecule has 0 unspecified atom stereocenters. The first-order chi connectivity index (χ1) is 12.1. The van der Waals surface area contributed by atoms with E-state index in [0.29, 0.717) is 27.8 Å². The van der Waals surface area contributed by atoms with Crippen molar-refractivity contribution in [2.45, 2.75) is 24.8 Å². The summed E-state index contributed by atoms with van der Waals surface area (Å²) in [4.78, 5) is 4.56. The second-order valence-corrected chi connectivity index (χ2v) is 6.94. The Kier molecular flexibility index (Phi) is 4.23. The average molecular weight is 372 g/mol. The first-order valence-electron chi connectivity index (χ1n) is 7.67. The van der Waals surface area contributed by atoms with Gasteiger partial charge >= 0.3 is 0 Å². The fourth-order valence-electron chi connectivity index (χ4n) is 2.51. The lowest BCUT2D eigenvalue weighted by molar-refractivity contribution is 0.447. The van der Waals surface area contributed by atoms with Gasteiger partial charge in [-0.1, -0.05) is 35.5 Å². The van der Waals surface area contributed by atoms with Gasteiger partial charge in [0.1, 0.15) is 5.15 Å². The fraction of sp³-hybridized carbons (Fsp3) is 0.167. The highest BCUT2D eigenvalue weighted by Gasteiger charge is 2.13. The predicted octanol–water partition coefficient (Wildman–Crippen LogP) is 5.44. The summed E-state index contributed by atoms with van der Waals surface area (Å²) in [5.41, 5.74) is 4.23. The molecule has 0 aliphatic heterocycles. The first kappa shape index (κ1) is 16.2. The Labute approximate surface area is 153 Å². The summed E-state index contributed by atoms with van der Waals surface area (Å²) in [6, 6.07) is 9.77. The highest BCUT2D eigenvalue weighted by Crippen LogP contribution is 2.30. The number of benzene rings is 1. The summed E-state index contributed by atoms with van der Waals surface area (Å²) in [6.07, 6.45) is 1.57. The van der Waals surface area contributed by atoms with Gasteiger partial charge in [-0.25, -0.2) is 4.98 Å². The quantitative estimate of drug-likeness (QED) is 0.351. The van der Waals surface area contributed by atoms with Gasteiger partial charge in [0.2, 0.25) is 0 Å². The molecule has 0 saturated heterocycles. The molecular formula is C18H14ClN3O2S. The van der Waals surface area contributed by atoms with Crippen LogP contribution in [0.4, 0.5) is 0 Å². The molecule has 0 atom stereocenters. The van der Waals surface area contributed by atoms with E-state index in [9.17, 15) is 0 Å². The number of aromatic nitrogens is 3. The topological polar surface area (TPSA) is 65.0 Å². The molecule has 0 aliphatic rings. The van der Waals surface area contributed by atoms with E-state index in [4.69, 9.17) is 20.4 Å². The standard InChI is InChI=1S/C18H14ClN3O2S/c1-10-5-6-12-8-13(16(19)20-15(12)11(10)2)9-25-18-22-21-17(24-18)14-4-3-7-23-14/h3-8H,9H2,1-2H3.